The highest BCUT2D eigenvalue weighted by atomic mass is 35.5. The molecule has 0 spiro atoms. The summed E-state index contributed by atoms with van der Waals surface area (Å²) in [6.07, 6.45) is 1.33. The van der Waals surface area contributed by atoms with Crippen molar-refractivity contribution in [1.29, 1.82) is 0 Å². The van der Waals surface area contributed by atoms with Crippen LogP contribution in [0.4, 0.5) is 0 Å². The van der Waals surface area contributed by atoms with Crippen molar-refractivity contribution in [2.24, 2.45) is 0 Å². The molecule has 0 radical (unpaired) electrons. The summed E-state index contributed by atoms with van der Waals surface area (Å²) < 4.78 is 1.75. The fourth-order valence-electron chi connectivity index (χ4n) is 2.05. The molecule has 0 saturated heterocycles. The van der Waals surface area contributed by atoms with Gasteiger partial charge in [-0.3, -0.25) is 9.20 Å². The predicted molar refractivity (Wildman–Crippen MR) is 72.6 cm³/mol. The van der Waals surface area contributed by atoms with Crippen LogP contribution in [-0.4, -0.2) is 20.9 Å². The lowest BCUT2D eigenvalue weighted by molar-refractivity contribution is 0.111. The molecule has 1 aromatic carbocycles. The van der Waals surface area contributed by atoms with E-state index in [-0.39, 0.29) is 0 Å². The summed E-state index contributed by atoms with van der Waals surface area (Å²) in [6.45, 7) is 0. The van der Waals surface area contributed by atoms with Crippen molar-refractivity contribution in [1.82, 2.24) is 14.6 Å². The number of rotatable bonds is 3. The third kappa shape index (κ3) is 2.11. The predicted octanol–water partition coefficient (Wildman–Crippen LogP) is 2.79. The van der Waals surface area contributed by atoms with Crippen LogP contribution in [0.2, 0.25) is 5.02 Å². The molecule has 94 valence electrons. The Morgan fingerprint density at radius 1 is 1.11 bits per heavy atom. The van der Waals surface area contributed by atoms with E-state index < -0.39 is 0 Å². The third-order valence-electron chi connectivity index (χ3n) is 2.95. The molecule has 0 aliphatic rings. The number of hydrogen-bond donors (Lipinski definition) is 0. The lowest BCUT2D eigenvalue weighted by Gasteiger charge is -2.04. The molecule has 4 nitrogen and oxygen atoms in total. The van der Waals surface area contributed by atoms with E-state index >= 15 is 0 Å². The van der Waals surface area contributed by atoms with E-state index in [1.54, 1.807) is 16.5 Å². The van der Waals surface area contributed by atoms with Gasteiger partial charge in [-0.2, -0.15) is 0 Å². The second-order valence-corrected chi connectivity index (χ2v) is 4.55. The highest BCUT2D eigenvalue weighted by Gasteiger charge is 2.10. The number of nitrogens with zero attached hydrogens (tertiary/aromatic N) is 3. The summed E-state index contributed by atoms with van der Waals surface area (Å²) in [5.74, 6) is 0.700. The Morgan fingerprint density at radius 2 is 1.95 bits per heavy atom. The highest BCUT2D eigenvalue weighted by molar-refractivity contribution is 6.31. The number of fused-ring (bicyclic) bond motifs is 1. The minimum atomic E-state index is 0.532. The summed E-state index contributed by atoms with van der Waals surface area (Å²) >= 11 is 6.14. The molecule has 0 unspecified atom stereocenters. The Hall–Kier alpha value is -2.20. The zero-order valence-electron chi connectivity index (χ0n) is 9.95. The number of benzene rings is 1. The van der Waals surface area contributed by atoms with Crippen molar-refractivity contribution in [2.45, 2.75) is 6.42 Å². The van der Waals surface area contributed by atoms with Gasteiger partial charge in [-0.25, -0.2) is 0 Å². The standard InChI is InChI=1S/C14H10ClN3O/c15-12-6-2-1-4-10(12)8-14-17-16-13-7-3-5-11(9-19)18(13)14/h1-7,9H,8H2. The van der Waals surface area contributed by atoms with Crippen molar-refractivity contribution in [2.75, 3.05) is 0 Å². The minimum absolute atomic E-state index is 0.532. The number of aldehydes is 1. The summed E-state index contributed by atoms with van der Waals surface area (Å²) in [7, 11) is 0. The van der Waals surface area contributed by atoms with Crippen LogP contribution in [0.25, 0.3) is 5.65 Å². The maximum absolute atomic E-state index is 11.1. The molecule has 0 bridgehead atoms. The Labute approximate surface area is 114 Å². The second-order valence-electron chi connectivity index (χ2n) is 4.15. The molecule has 0 aliphatic carbocycles. The van der Waals surface area contributed by atoms with Crippen LogP contribution in [0.3, 0.4) is 0 Å². The molecule has 0 N–H and O–H groups in total. The monoisotopic (exact) mass is 271 g/mol. The van der Waals surface area contributed by atoms with Gasteiger partial charge in [0.25, 0.3) is 0 Å². The van der Waals surface area contributed by atoms with E-state index in [1.807, 2.05) is 30.3 Å². The molecule has 2 heterocycles. The van der Waals surface area contributed by atoms with Crippen LogP contribution in [0, 0.1) is 0 Å². The number of hydrogen-bond acceptors (Lipinski definition) is 3. The average Bonchev–Trinajstić information content (AvgIpc) is 2.85. The van der Waals surface area contributed by atoms with Gasteiger partial charge in [-0.15, -0.1) is 10.2 Å². The van der Waals surface area contributed by atoms with Crippen LogP contribution in [0.1, 0.15) is 21.9 Å². The van der Waals surface area contributed by atoms with Gasteiger partial charge in [-0.05, 0) is 23.8 Å². The zero-order chi connectivity index (χ0) is 13.2. The van der Waals surface area contributed by atoms with Crippen molar-refractivity contribution in [3.8, 4) is 0 Å². The van der Waals surface area contributed by atoms with Crippen LogP contribution in [-0.2, 0) is 6.42 Å². The lowest BCUT2D eigenvalue weighted by Crippen LogP contribution is -2.02. The van der Waals surface area contributed by atoms with Gasteiger partial charge in [0.2, 0.25) is 0 Å². The Kier molecular flexibility index (Phi) is 3.01. The Balaban J connectivity index is 2.11. The largest absolute Gasteiger partial charge is 0.296 e. The highest BCUT2D eigenvalue weighted by Crippen LogP contribution is 2.19. The maximum Gasteiger partial charge on any atom is 0.166 e. The molecule has 0 atom stereocenters. The maximum atomic E-state index is 11.1. The van der Waals surface area contributed by atoms with Crippen molar-refractivity contribution >= 4 is 23.5 Å². The molecule has 0 aliphatic heterocycles. The Bertz CT molecular complexity index is 751. The molecule has 3 aromatic rings. The van der Waals surface area contributed by atoms with Crippen LogP contribution in [0.5, 0.6) is 0 Å². The van der Waals surface area contributed by atoms with E-state index in [1.165, 1.54) is 0 Å². The number of pyridine rings is 1. The van der Waals surface area contributed by atoms with Gasteiger partial charge in [0.15, 0.2) is 11.9 Å². The average molecular weight is 272 g/mol. The van der Waals surface area contributed by atoms with Crippen LogP contribution >= 0.6 is 11.6 Å². The molecule has 0 fully saturated rings. The fourth-order valence-corrected chi connectivity index (χ4v) is 2.25. The molecular formula is C14H10ClN3O. The van der Waals surface area contributed by atoms with E-state index in [9.17, 15) is 4.79 Å². The van der Waals surface area contributed by atoms with E-state index in [2.05, 4.69) is 10.2 Å². The van der Waals surface area contributed by atoms with E-state index in [0.29, 0.717) is 28.6 Å². The molecule has 2 aromatic heterocycles. The zero-order valence-corrected chi connectivity index (χ0v) is 10.7. The van der Waals surface area contributed by atoms with Gasteiger partial charge >= 0.3 is 0 Å². The van der Waals surface area contributed by atoms with Crippen molar-refractivity contribution < 1.29 is 4.79 Å². The lowest BCUT2D eigenvalue weighted by atomic mass is 10.1. The first-order valence-corrected chi connectivity index (χ1v) is 6.19. The normalized spacial score (nSPS) is 10.8. The first-order chi connectivity index (χ1) is 9.29. The van der Waals surface area contributed by atoms with Crippen LogP contribution < -0.4 is 0 Å². The summed E-state index contributed by atoms with van der Waals surface area (Å²) in [6, 6.07) is 12.9. The number of carbonyl (C=O) groups excluding carboxylic acids is 1. The van der Waals surface area contributed by atoms with Crippen molar-refractivity contribution in [3.05, 3.63) is 64.6 Å². The molecule has 19 heavy (non-hydrogen) atoms. The smallest absolute Gasteiger partial charge is 0.166 e. The molecule has 3 rings (SSSR count). The number of carbonyl (C=O) groups is 1. The molecule has 0 amide bonds. The van der Waals surface area contributed by atoms with Crippen molar-refractivity contribution in [3.63, 3.8) is 0 Å². The van der Waals surface area contributed by atoms with Gasteiger partial charge in [0, 0.05) is 11.4 Å². The first kappa shape index (κ1) is 11.9. The van der Waals surface area contributed by atoms with Gasteiger partial charge in [0.05, 0.1) is 5.69 Å². The number of aromatic nitrogens is 3. The molecule has 0 saturated carbocycles. The Morgan fingerprint density at radius 3 is 2.74 bits per heavy atom. The molecular weight excluding hydrogens is 262 g/mol. The van der Waals surface area contributed by atoms with Gasteiger partial charge < -0.3 is 0 Å². The summed E-state index contributed by atoms with van der Waals surface area (Å²) in [5, 5.41) is 8.88. The second kappa shape index (κ2) is 4.82. The fraction of sp³-hybridized carbons (Fsp3) is 0.0714. The van der Waals surface area contributed by atoms with Gasteiger partial charge in [-0.1, -0.05) is 35.9 Å². The third-order valence-corrected chi connectivity index (χ3v) is 3.32. The minimum Gasteiger partial charge on any atom is -0.296 e. The topological polar surface area (TPSA) is 47.3 Å². The summed E-state index contributed by atoms with van der Waals surface area (Å²) in [5.41, 5.74) is 2.15. The van der Waals surface area contributed by atoms with E-state index in [0.717, 1.165) is 11.8 Å². The number of halogens is 1. The molecule has 5 heteroatoms. The first-order valence-electron chi connectivity index (χ1n) is 5.81. The SMILES string of the molecule is O=Cc1cccc2nnc(Cc3ccccc3Cl)n12. The quantitative estimate of drug-likeness (QED) is 0.688. The van der Waals surface area contributed by atoms with Crippen LogP contribution in [0.15, 0.2) is 42.5 Å². The van der Waals surface area contributed by atoms with Gasteiger partial charge in [0.1, 0.15) is 5.82 Å². The van der Waals surface area contributed by atoms with E-state index in [4.69, 9.17) is 11.6 Å². The summed E-state index contributed by atoms with van der Waals surface area (Å²) in [4.78, 5) is 11.1.